The van der Waals surface area contributed by atoms with Crippen LogP contribution >= 0.6 is 7.82 Å². The van der Waals surface area contributed by atoms with Crippen LogP contribution in [0.4, 0.5) is 0 Å². The summed E-state index contributed by atoms with van der Waals surface area (Å²) < 4.78 is 14.9. The third-order valence-electron chi connectivity index (χ3n) is 6.99. The molecule has 0 aromatic heterocycles. The van der Waals surface area contributed by atoms with Gasteiger partial charge in [-0.2, -0.15) is 0 Å². The molecule has 53 heavy (non-hydrogen) atoms. The van der Waals surface area contributed by atoms with Crippen LogP contribution in [0.25, 0.3) is 10.8 Å². The molecule has 3 atom stereocenters. The van der Waals surface area contributed by atoms with Crippen molar-refractivity contribution in [2.24, 2.45) is 22.9 Å². The summed E-state index contributed by atoms with van der Waals surface area (Å²) in [6.07, 6.45) is 2.77. The quantitative estimate of drug-likeness (QED) is 0.0615. The zero-order valence-corrected chi connectivity index (χ0v) is 29.7. The van der Waals surface area contributed by atoms with Gasteiger partial charge < -0.3 is 47.9 Å². The molecule has 4 aromatic rings. The molecular weight excluding hydrogens is 711 g/mol. The molecule has 4 rings (SSSR count). The summed E-state index contributed by atoms with van der Waals surface area (Å²) in [5, 5.41) is 36.3. The Morgan fingerprint density at radius 2 is 1.08 bits per heavy atom. The van der Waals surface area contributed by atoms with Gasteiger partial charge in [0.25, 0.3) is 0 Å². The number of hydrogen-bond acceptors (Lipinski definition) is 10. The van der Waals surface area contributed by atoms with E-state index in [9.17, 15) is 23.7 Å². The Labute approximate surface area is 306 Å². The second-order valence-corrected chi connectivity index (χ2v) is 12.7. The SMILES string of the molecule is NC(Cc1ccc(OP(=O)(O)O)cc1)C(=O)O.NC(Cc1ccccc1)C(=O)O.NCCCCC(N)C(=O)O.O=C(O)Cc1ccc2ccccc2c1. The molecular formula is C36H47N4O12P. The Balaban J connectivity index is 0.000000360. The minimum Gasteiger partial charge on any atom is -0.481 e. The molecule has 16 nitrogen and oxygen atoms in total. The predicted molar refractivity (Wildman–Crippen MR) is 198 cm³/mol. The first-order chi connectivity index (χ1) is 24.9. The van der Waals surface area contributed by atoms with Gasteiger partial charge in [0, 0.05) is 0 Å². The van der Waals surface area contributed by atoms with E-state index in [4.69, 9.17) is 53.1 Å². The fourth-order valence-electron chi connectivity index (χ4n) is 4.28. The Morgan fingerprint density at radius 1 is 0.604 bits per heavy atom. The van der Waals surface area contributed by atoms with Crippen LogP contribution in [0.1, 0.15) is 36.0 Å². The summed E-state index contributed by atoms with van der Waals surface area (Å²) in [7, 11) is -4.56. The van der Waals surface area contributed by atoms with Crippen molar-refractivity contribution in [1.29, 1.82) is 0 Å². The third-order valence-corrected chi connectivity index (χ3v) is 7.44. The second-order valence-electron chi connectivity index (χ2n) is 11.5. The standard InChI is InChI=1S/C12H10O2.C9H12NO6P.C9H11NO2.C6H14N2O2/c13-12(14)8-9-5-6-10-3-1-2-4-11(10)7-9;10-8(9(11)12)5-6-1-3-7(4-2-6)16-17(13,14)15;10-8(9(11)12)6-7-4-2-1-3-5-7;7-4-2-1-3-5(8)6(9)10/h1-7H,8H2,(H,13,14);1-4,8H,5,10H2,(H,11,12)(H2,13,14,15);1-5,8H,6,10H2,(H,11,12);5H,1-4,7-8H2,(H,9,10). The number of rotatable bonds is 15. The number of unbranched alkanes of at least 4 members (excludes halogenated alkanes) is 1. The highest BCUT2D eigenvalue weighted by Crippen LogP contribution is 2.37. The summed E-state index contributed by atoms with van der Waals surface area (Å²) in [5.41, 5.74) is 23.5. The van der Waals surface area contributed by atoms with Crippen molar-refractivity contribution >= 4 is 42.5 Å². The molecule has 0 amide bonds. The van der Waals surface area contributed by atoms with Gasteiger partial charge >= 0.3 is 31.7 Å². The van der Waals surface area contributed by atoms with E-state index in [1.54, 1.807) is 0 Å². The van der Waals surface area contributed by atoms with E-state index < -0.39 is 49.8 Å². The summed E-state index contributed by atoms with van der Waals surface area (Å²) in [6, 6.07) is 26.1. The number of phosphoric ester groups is 1. The molecule has 0 heterocycles. The van der Waals surface area contributed by atoms with Crippen LogP contribution in [-0.4, -0.2) is 78.8 Å². The van der Waals surface area contributed by atoms with Crippen LogP contribution in [0.5, 0.6) is 5.75 Å². The van der Waals surface area contributed by atoms with Gasteiger partial charge in [-0.3, -0.25) is 29.0 Å². The summed E-state index contributed by atoms with van der Waals surface area (Å²) in [5.74, 6) is -3.79. The first-order valence-electron chi connectivity index (χ1n) is 16.1. The first kappa shape index (κ1) is 45.8. The molecule has 0 bridgehead atoms. The van der Waals surface area contributed by atoms with Gasteiger partial charge in [-0.15, -0.1) is 0 Å². The van der Waals surface area contributed by atoms with Crippen molar-refractivity contribution in [3.05, 3.63) is 114 Å². The van der Waals surface area contributed by atoms with E-state index in [2.05, 4.69) is 4.52 Å². The monoisotopic (exact) mass is 758 g/mol. The number of fused-ring (bicyclic) bond motifs is 1. The predicted octanol–water partition coefficient (Wildman–Crippen LogP) is 2.75. The number of carboxylic acid groups (broad SMARTS) is 4. The largest absolute Gasteiger partial charge is 0.524 e. The number of nitrogens with two attached hydrogens (primary N) is 4. The lowest BCUT2D eigenvalue weighted by molar-refractivity contribution is -0.139. The maximum atomic E-state index is 10.5. The van der Waals surface area contributed by atoms with Gasteiger partial charge in [-0.1, -0.05) is 91.3 Å². The molecule has 0 saturated heterocycles. The zero-order valence-electron chi connectivity index (χ0n) is 28.8. The van der Waals surface area contributed by atoms with Gasteiger partial charge in [0.1, 0.15) is 23.9 Å². The Morgan fingerprint density at radius 3 is 1.55 bits per heavy atom. The first-order valence-corrected chi connectivity index (χ1v) is 17.7. The lowest BCUT2D eigenvalue weighted by atomic mass is 10.1. The van der Waals surface area contributed by atoms with Gasteiger partial charge in [-0.05, 0) is 71.8 Å². The summed E-state index contributed by atoms with van der Waals surface area (Å²) >= 11 is 0. The van der Waals surface area contributed by atoms with Crippen molar-refractivity contribution in [2.75, 3.05) is 6.54 Å². The second kappa shape index (κ2) is 24.1. The number of benzene rings is 4. The van der Waals surface area contributed by atoms with Crippen molar-refractivity contribution in [3.63, 3.8) is 0 Å². The van der Waals surface area contributed by atoms with Crippen molar-refractivity contribution in [1.82, 2.24) is 0 Å². The van der Waals surface area contributed by atoms with Crippen LogP contribution in [0.2, 0.25) is 0 Å². The molecule has 0 spiro atoms. The molecule has 0 saturated carbocycles. The number of carboxylic acids is 4. The van der Waals surface area contributed by atoms with Crippen molar-refractivity contribution in [2.45, 2.75) is 56.7 Å². The molecule has 0 aliphatic rings. The number of aliphatic carboxylic acids is 4. The van der Waals surface area contributed by atoms with E-state index in [0.29, 0.717) is 24.9 Å². The molecule has 17 heteroatoms. The molecule has 0 radical (unpaired) electrons. The van der Waals surface area contributed by atoms with E-state index in [-0.39, 0.29) is 18.6 Å². The lowest BCUT2D eigenvalue weighted by Crippen LogP contribution is -2.32. The number of hydrogen-bond donors (Lipinski definition) is 10. The fraction of sp³-hybridized carbons (Fsp3) is 0.278. The summed E-state index contributed by atoms with van der Waals surface area (Å²) in [4.78, 5) is 58.6. The van der Waals surface area contributed by atoms with Crippen LogP contribution in [-0.2, 0) is 43.0 Å². The normalized spacial score (nSPS) is 12.2. The van der Waals surface area contributed by atoms with Gasteiger partial charge in [0.15, 0.2) is 0 Å². The van der Waals surface area contributed by atoms with E-state index in [1.165, 1.54) is 24.3 Å². The maximum absolute atomic E-state index is 10.5. The lowest BCUT2D eigenvalue weighted by Gasteiger charge is -2.09. The highest BCUT2D eigenvalue weighted by atomic mass is 31.2. The molecule has 0 aliphatic carbocycles. The minimum absolute atomic E-state index is 0.00554. The molecule has 288 valence electrons. The van der Waals surface area contributed by atoms with Crippen LogP contribution < -0.4 is 27.5 Å². The highest BCUT2D eigenvalue weighted by molar-refractivity contribution is 7.46. The fourth-order valence-corrected chi connectivity index (χ4v) is 4.67. The highest BCUT2D eigenvalue weighted by Gasteiger charge is 2.16. The minimum atomic E-state index is -4.56. The van der Waals surface area contributed by atoms with Crippen molar-refractivity contribution < 1.29 is 58.5 Å². The smallest absolute Gasteiger partial charge is 0.481 e. The van der Waals surface area contributed by atoms with E-state index in [1.807, 2.05) is 72.8 Å². The third kappa shape index (κ3) is 21.1. The molecule has 4 aromatic carbocycles. The van der Waals surface area contributed by atoms with Crippen LogP contribution in [0.15, 0.2) is 97.1 Å². The Bertz CT molecular complexity index is 1770. The topological polar surface area (TPSA) is 320 Å². The van der Waals surface area contributed by atoms with Crippen LogP contribution in [0.3, 0.4) is 0 Å². The van der Waals surface area contributed by atoms with E-state index in [0.717, 1.165) is 34.7 Å². The molecule has 0 aliphatic heterocycles. The number of phosphoric acid groups is 1. The summed E-state index contributed by atoms with van der Waals surface area (Å²) in [6.45, 7) is 0.604. The zero-order chi connectivity index (χ0) is 40.0. The molecule has 14 N–H and O–H groups in total. The maximum Gasteiger partial charge on any atom is 0.524 e. The van der Waals surface area contributed by atoms with Gasteiger partial charge in [0.05, 0.1) is 6.42 Å². The van der Waals surface area contributed by atoms with Crippen molar-refractivity contribution in [3.8, 4) is 5.75 Å². The van der Waals surface area contributed by atoms with Crippen LogP contribution in [0, 0.1) is 0 Å². The average Bonchev–Trinajstić information content (AvgIpc) is 3.09. The Hall–Kier alpha value is -5.19. The van der Waals surface area contributed by atoms with E-state index >= 15 is 0 Å². The van der Waals surface area contributed by atoms with Gasteiger partial charge in [-0.25, -0.2) is 4.57 Å². The Kier molecular flexibility index (Phi) is 20.9. The molecule has 0 fully saturated rings. The number of carbonyl (C=O) groups is 4. The van der Waals surface area contributed by atoms with Gasteiger partial charge in [0.2, 0.25) is 0 Å². The average molecular weight is 759 g/mol. The molecule has 3 unspecified atom stereocenters.